The average Bonchev–Trinajstić information content (AvgIpc) is 2.28. The number of nitrogen functional groups attached to an aromatic ring is 1. The molecule has 1 heterocycles. The molecule has 1 atom stereocenters. The fourth-order valence-electron chi connectivity index (χ4n) is 2.32. The van der Waals surface area contributed by atoms with Crippen molar-refractivity contribution in [2.45, 2.75) is 32.2 Å². The van der Waals surface area contributed by atoms with E-state index in [2.05, 4.69) is 5.32 Å². The van der Waals surface area contributed by atoms with Crippen LogP contribution in [0.2, 0.25) is 0 Å². The van der Waals surface area contributed by atoms with Crippen molar-refractivity contribution < 1.29 is 9.53 Å². The van der Waals surface area contributed by atoms with Crippen LogP contribution in [-0.4, -0.2) is 24.7 Å². The molecular formula is C14H20N2O2. The molecule has 18 heavy (non-hydrogen) atoms. The molecule has 0 radical (unpaired) electrons. The maximum absolute atomic E-state index is 12.2. The van der Waals surface area contributed by atoms with Crippen LogP contribution in [0.15, 0.2) is 18.2 Å². The van der Waals surface area contributed by atoms with Crippen LogP contribution in [-0.2, 0) is 4.74 Å². The van der Waals surface area contributed by atoms with Gasteiger partial charge in [-0.15, -0.1) is 0 Å². The van der Waals surface area contributed by atoms with Crippen molar-refractivity contribution >= 4 is 11.6 Å². The van der Waals surface area contributed by atoms with E-state index in [9.17, 15) is 4.79 Å². The number of carbonyl (C=O) groups excluding carboxylic acids is 1. The number of hydrogen-bond donors (Lipinski definition) is 2. The molecule has 2 rings (SSSR count). The van der Waals surface area contributed by atoms with Crippen LogP contribution in [0.25, 0.3) is 0 Å². The van der Waals surface area contributed by atoms with Crippen LogP contribution < -0.4 is 11.1 Å². The molecule has 1 aliphatic heterocycles. The summed E-state index contributed by atoms with van der Waals surface area (Å²) in [6.45, 7) is 5.28. The van der Waals surface area contributed by atoms with E-state index < -0.39 is 0 Å². The number of nitrogens with one attached hydrogen (secondary N) is 1. The van der Waals surface area contributed by atoms with Gasteiger partial charge in [-0.05, 0) is 50.5 Å². The molecule has 1 aromatic carbocycles. The lowest BCUT2D eigenvalue weighted by Crippen LogP contribution is -2.51. The quantitative estimate of drug-likeness (QED) is 0.785. The van der Waals surface area contributed by atoms with Crippen LogP contribution in [0.4, 0.5) is 5.69 Å². The van der Waals surface area contributed by atoms with Gasteiger partial charge in [0.15, 0.2) is 0 Å². The Labute approximate surface area is 108 Å². The molecule has 0 aromatic heterocycles. The molecule has 1 unspecified atom stereocenters. The molecule has 0 saturated carbocycles. The Bertz CT molecular complexity index is 451. The zero-order valence-electron chi connectivity index (χ0n) is 11.0. The molecular weight excluding hydrogens is 228 g/mol. The summed E-state index contributed by atoms with van der Waals surface area (Å²) in [4.78, 5) is 12.2. The summed E-state index contributed by atoms with van der Waals surface area (Å²) in [6.07, 6.45) is 1.93. The molecule has 1 amide bonds. The topological polar surface area (TPSA) is 64.4 Å². The third-order valence-electron chi connectivity index (χ3n) is 3.35. The second-order valence-corrected chi connectivity index (χ2v) is 5.25. The second-order valence-electron chi connectivity index (χ2n) is 5.25. The van der Waals surface area contributed by atoms with Crippen molar-refractivity contribution in [2.75, 3.05) is 18.9 Å². The van der Waals surface area contributed by atoms with Crippen molar-refractivity contribution in [3.63, 3.8) is 0 Å². The first kappa shape index (κ1) is 12.9. The third-order valence-corrected chi connectivity index (χ3v) is 3.35. The molecule has 0 spiro atoms. The minimum atomic E-state index is -0.261. The first-order valence-electron chi connectivity index (χ1n) is 6.27. The van der Waals surface area contributed by atoms with E-state index >= 15 is 0 Å². The number of benzene rings is 1. The number of hydrogen-bond acceptors (Lipinski definition) is 3. The molecule has 1 saturated heterocycles. The largest absolute Gasteiger partial charge is 0.399 e. The van der Waals surface area contributed by atoms with Gasteiger partial charge in [0.25, 0.3) is 5.91 Å². The highest BCUT2D eigenvalue weighted by atomic mass is 16.5. The highest BCUT2D eigenvalue weighted by Crippen LogP contribution is 2.20. The molecule has 4 nitrogen and oxygen atoms in total. The molecule has 1 fully saturated rings. The lowest BCUT2D eigenvalue weighted by atomic mass is 9.94. The van der Waals surface area contributed by atoms with Gasteiger partial charge in [-0.2, -0.15) is 0 Å². The molecule has 1 aromatic rings. The summed E-state index contributed by atoms with van der Waals surface area (Å²) in [5.74, 6) is -0.0551. The Balaban J connectivity index is 2.11. The van der Waals surface area contributed by atoms with Crippen LogP contribution in [0.3, 0.4) is 0 Å². The van der Waals surface area contributed by atoms with E-state index in [1.165, 1.54) is 0 Å². The molecule has 0 bridgehead atoms. The first-order chi connectivity index (χ1) is 8.50. The maximum atomic E-state index is 12.2. The zero-order chi connectivity index (χ0) is 13.2. The first-order valence-corrected chi connectivity index (χ1v) is 6.27. The summed E-state index contributed by atoms with van der Waals surface area (Å²) in [7, 11) is 0. The van der Waals surface area contributed by atoms with Gasteiger partial charge < -0.3 is 15.8 Å². The SMILES string of the molecule is Cc1cc(N)ccc1C(=O)NC1(C)CCCOC1. The number of carbonyl (C=O) groups is 1. The third kappa shape index (κ3) is 2.82. The molecule has 98 valence electrons. The lowest BCUT2D eigenvalue weighted by Gasteiger charge is -2.34. The van der Waals surface area contributed by atoms with Crippen molar-refractivity contribution in [1.29, 1.82) is 0 Å². The fraction of sp³-hybridized carbons (Fsp3) is 0.500. The predicted molar refractivity (Wildman–Crippen MR) is 71.5 cm³/mol. The number of ether oxygens (including phenoxy) is 1. The molecule has 4 heteroatoms. The number of anilines is 1. The minimum absolute atomic E-state index is 0.0551. The lowest BCUT2D eigenvalue weighted by molar-refractivity contribution is 0.0272. The Hall–Kier alpha value is -1.55. The van der Waals surface area contributed by atoms with Gasteiger partial charge in [-0.25, -0.2) is 0 Å². The van der Waals surface area contributed by atoms with Crippen LogP contribution in [0.5, 0.6) is 0 Å². The monoisotopic (exact) mass is 248 g/mol. The average molecular weight is 248 g/mol. The van der Waals surface area contributed by atoms with Crippen molar-refractivity contribution in [3.05, 3.63) is 29.3 Å². The van der Waals surface area contributed by atoms with Crippen LogP contribution in [0, 0.1) is 6.92 Å². The summed E-state index contributed by atoms with van der Waals surface area (Å²) >= 11 is 0. The molecule has 1 aliphatic rings. The summed E-state index contributed by atoms with van der Waals surface area (Å²) in [5, 5.41) is 3.07. The number of nitrogens with two attached hydrogens (primary N) is 1. The van der Waals surface area contributed by atoms with Crippen LogP contribution >= 0.6 is 0 Å². The maximum Gasteiger partial charge on any atom is 0.252 e. The van der Waals surface area contributed by atoms with Gasteiger partial charge >= 0.3 is 0 Å². The van der Waals surface area contributed by atoms with Gasteiger partial charge in [-0.3, -0.25) is 4.79 Å². The van der Waals surface area contributed by atoms with Crippen LogP contribution in [0.1, 0.15) is 35.7 Å². The van der Waals surface area contributed by atoms with E-state index in [0.717, 1.165) is 25.0 Å². The normalized spacial score (nSPS) is 23.7. The summed E-state index contributed by atoms with van der Waals surface area (Å²) in [6, 6.07) is 5.34. The van der Waals surface area contributed by atoms with E-state index in [0.29, 0.717) is 17.9 Å². The minimum Gasteiger partial charge on any atom is -0.399 e. The van der Waals surface area contributed by atoms with Gasteiger partial charge in [0.05, 0.1) is 12.1 Å². The second kappa shape index (κ2) is 4.98. The summed E-state index contributed by atoms with van der Waals surface area (Å²) in [5.41, 5.74) is 7.68. The van der Waals surface area contributed by atoms with E-state index in [4.69, 9.17) is 10.5 Å². The van der Waals surface area contributed by atoms with Crippen molar-refractivity contribution in [1.82, 2.24) is 5.32 Å². The number of amides is 1. The van der Waals surface area contributed by atoms with E-state index in [-0.39, 0.29) is 11.4 Å². The fourth-order valence-corrected chi connectivity index (χ4v) is 2.32. The highest BCUT2D eigenvalue weighted by Gasteiger charge is 2.29. The smallest absolute Gasteiger partial charge is 0.252 e. The predicted octanol–water partition coefficient (Wildman–Crippen LogP) is 1.88. The van der Waals surface area contributed by atoms with E-state index in [1.54, 1.807) is 12.1 Å². The highest BCUT2D eigenvalue weighted by molar-refractivity contribution is 5.96. The Morgan fingerprint density at radius 2 is 2.28 bits per heavy atom. The van der Waals surface area contributed by atoms with Gasteiger partial charge in [0, 0.05) is 17.9 Å². The van der Waals surface area contributed by atoms with E-state index in [1.807, 2.05) is 19.9 Å². The standard InChI is InChI=1S/C14H20N2O2/c1-10-8-11(15)4-5-12(10)13(17)16-14(2)6-3-7-18-9-14/h4-5,8H,3,6-7,9,15H2,1-2H3,(H,16,17). The van der Waals surface area contributed by atoms with Crippen molar-refractivity contribution in [3.8, 4) is 0 Å². The zero-order valence-corrected chi connectivity index (χ0v) is 11.0. The Morgan fingerprint density at radius 1 is 1.50 bits per heavy atom. The molecule has 0 aliphatic carbocycles. The Kier molecular flexibility index (Phi) is 3.57. The molecule has 3 N–H and O–H groups in total. The van der Waals surface area contributed by atoms with Gasteiger partial charge in [-0.1, -0.05) is 0 Å². The van der Waals surface area contributed by atoms with Gasteiger partial charge in [0.1, 0.15) is 0 Å². The summed E-state index contributed by atoms with van der Waals surface area (Å²) < 4.78 is 5.44. The van der Waals surface area contributed by atoms with Crippen molar-refractivity contribution in [2.24, 2.45) is 0 Å². The Morgan fingerprint density at radius 3 is 2.89 bits per heavy atom. The van der Waals surface area contributed by atoms with Gasteiger partial charge in [0.2, 0.25) is 0 Å². The number of aryl methyl sites for hydroxylation is 1. The number of rotatable bonds is 2.